The minimum absolute atomic E-state index is 0.177. The molecule has 1 saturated carbocycles. The number of ether oxygens (including phenoxy) is 1. The summed E-state index contributed by atoms with van der Waals surface area (Å²) in [5, 5.41) is 10.3. The molecule has 4 aliphatic rings. The number of piperidine rings is 1. The van der Waals surface area contributed by atoms with Crippen molar-refractivity contribution in [3.8, 4) is 11.5 Å². The molecule has 2 heterocycles. The van der Waals surface area contributed by atoms with E-state index in [4.69, 9.17) is 4.74 Å². The number of likely N-dealkylation sites (N-methyl/N-ethyl adjacent to an activating group) is 1. The molecule has 5 rings (SSSR count). The molecule has 1 saturated heterocycles. The van der Waals surface area contributed by atoms with Crippen molar-refractivity contribution in [3.05, 3.63) is 23.3 Å². The highest BCUT2D eigenvalue weighted by Crippen LogP contribution is 2.64. The highest BCUT2D eigenvalue weighted by molar-refractivity contribution is 5.60. The van der Waals surface area contributed by atoms with Crippen LogP contribution >= 0.6 is 0 Å². The molecular weight excluding hydrogens is 262 g/mol. The number of aromatic hydroxyl groups is 1. The van der Waals surface area contributed by atoms with Crippen LogP contribution in [0.3, 0.4) is 0 Å². The molecule has 0 radical (unpaired) electrons. The Labute approximate surface area is 125 Å². The monoisotopic (exact) mass is 285 g/mol. The van der Waals surface area contributed by atoms with Crippen molar-refractivity contribution in [1.29, 1.82) is 0 Å². The van der Waals surface area contributed by atoms with Gasteiger partial charge in [-0.05, 0) is 62.7 Å². The van der Waals surface area contributed by atoms with Crippen LogP contribution in [0.1, 0.15) is 37.3 Å². The minimum Gasteiger partial charge on any atom is -0.504 e. The predicted octanol–water partition coefficient (Wildman–Crippen LogP) is 2.70. The fourth-order valence-electron chi connectivity index (χ4n) is 6.00. The van der Waals surface area contributed by atoms with Crippen molar-refractivity contribution in [2.45, 2.75) is 50.2 Å². The second-order valence-electron chi connectivity index (χ2n) is 7.69. The van der Waals surface area contributed by atoms with Gasteiger partial charge >= 0.3 is 0 Å². The molecule has 1 aromatic rings. The van der Waals surface area contributed by atoms with Crippen LogP contribution in [-0.2, 0) is 11.8 Å². The molecule has 3 nitrogen and oxygen atoms in total. The number of rotatable bonds is 0. The highest BCUT2D eigenvalue weighted by Gasteiger charge is 2.64. The summed E-state index contributed by atoms with van der Waals surface area (Å²) in [6.45, 7) is 3.49. The Morgan fingerprint density at radius 2 is 2.19 bits per heavy atom. The first kappa shape index (κ1) is 12.3. The fourth-order valence-corrected chi connectivity index (χ4v) is 6.00. The maximum absolute atomic E-state index is 10.3. The number of nitrogens with zero attached hydrogens (tertiary/aromatic N) is 1. The zero-order valence-electron chi connectivity index (χ0n) is 12.8. The van der Waals surface area contributed by atoms with Crippen LogP contribution in [0.15, 0.2) is 12.1 Å². The molecule has 2 bridgehead atoms. The molecule has 1 spiro atoms. The quantitative estimate of drug-likeness (QED) is 0.795. The number of phenolic OH excluding ortho intramolecular Hbond substituents is 1. The van der Waals surface area contributed by atoms with Crippen LogP contribution in [0, 0.1) is 11.8 Å². The Bertz CT molecular complexity index is 628. The summed E-state index contributed by atoms with van der Waals surface area (Å²) in [7, 11) is 2.28. The van der Waals surface area contributed by atoms with Gasteiger partial charge in [-0.25, -0.2) is 0 Å². The SMILES string of the molecule is CC1CCC2[C@H]3Cc4ccc(O)c5c4[C@@]2(CCN3C)[C@H]1O5. The highest BCUT2D eigenvalue weighted by atomic mass is 16.5. The summed E-state index contributed by atoms with van der Waals surface area (Å²) >= 11 is 0. The van der Waals surface area contributed by atoms with E-state index in [1.54, 1.807) is 0 Å². The van der Waals surface area contributed by atoms with Crippen molar-refractivity contribution < 1.29 is 9.84 Å². The molecule has 112 valence electrons. The molecule has 5 atom stereocenters. The second-order valence-corrected chi connectivity index (χ2v) is 7.69. The predicted molar refractivity (Wildman–Crippen MR) is 80.8 cm³/mol. The zero-order chi connectivity index (χ0) is 14.4. The first-order valence-corrected chi connectivity index (χ1v) is 8.35. The fraction of sp³-hybridized carbons (Fsp3) is 0.667. The number of likely N-dealkylation sites (tertiary alicyclic amines) is 1. The molecule has 2 fully saturated rings. The van der Waals surface area contributed by atoms with Gasteiger partial charge < -0.3 is 14.7 Å². The zero-order valence-corrected chi connectivity index (χ0v) is 12.8. The van der Waals surface area contributed by atoms with Crippen LogP contribution in [0.5, 0.6) is 11.5 Å². The molecular formula is C18H23NO2. The standard InChI is InChI=1S/C18H23NO2/c1-10-3-5-12-13-9-11-4-6-14(20)16-15(11)18(12,17(10)21-16)7-8-19(13)2/h4,6,10,12-13,17,20H,3,5,7-9H2,1-2H3/t10?,12?,13-,17+,18+/m1/s1. The van der Waals surface area contributed by atoms with Crippen LogP contribution in [0.2, 0.25) is 0 Å². The Hall–Kier alpha value is -1.22. The lowest BCUT2D eigenvalue weighted by Gasteiger charge is -2.58. The van der Waals surface area contributed by atoms with E-state index < -0.39 is 0 Å². The Morgan fingerprint density at radius 1 is 1.33 bits per heavy atom. The summed E-state index contributed by atoms with van der Waals surface area (Å²) < 4.78 is 6.39. The number of benzene rings is 1. The molecule has 21 heavy (non-hydrogen) atoms. The summed E-state index contributed by atoms with van der Waals surface area (Å²) in [5.74, 6) is 2.45. The number of phenols is 1. The lowest BCUT2D eigenvalue weighted by atomic mass is 9.50. The first-order chi connectivity index (χ1) is 10.1. The average Bonchev–Trinajstić information content (AvgIpc) is 2.83. The van der Waals surface area contributed by atoms with E-state index in [2.05, 4.69) is 24.9 Å². The third-order valence-electron chi connectivity index (χ3n) is 6.89. The molecule has 0 amide bonds. The van der Waals surface area contributed by atoms with Gasteiger partial charge in [-0.2, -0.15) is 0 Å². The molecule has 1 N–H and O–H groups in total. The molecule has 1 aromatic carbocycles. The smallest absolute Gasteiger partial charge is 0.165 e. The van der Waals surface area contributed by atoms with Gasteiger partial charge in [0.05, 0.1) is 0 Å². The third kappa shape index (κ3) is 1.26. The van der Waals surface area contributed by atoms with Crippen LogP contribution in [-0.4, -0.2) is 35.7 Å². The van der Waals surface area contributed by atoms with E-state index in [-0.39, 0.29) is 11.5 Å². The average molecular weight is 285 g/mol. The van der Waals surface area contributed by atoms with Crippen molar-refractivity contribution in [2.24, 2.45) is 11.8 Å². The molecule has 3 heteroatoms. The topological polar surface area (TPSA) is 32.7 Å². The van der Waals surface area contributed by atoms with Gasteiger partial charge in [0.1, 0.15) is 6.10 Å². The summed E-state index contributed by atoms with van der Waals surface area (Å²) in [5.41, 5.74) is 2.98. The van der Waals surface area contributed by atoms with Gasteiger partial charge in [0.25, 0.3) is 0 Å². The first-order valence-electron chi connectivity index (χ1n) is 8.35. The normalized spacial score (nSPS) is 43.3. The minimum atomic E-state index is 0.177. The van der Waals surface area contributed by atoms with E-state index in [0.717, 1.165) is 18.7 Å². The molecule has 2 aliphatic heterocycles. The summed E-state index contributed by atoms with van der Waals surface area (Å²) in [4.78, 5) is 2.57. The second kappa shape index (κ2) is 3.75. The number of hydrogen-bond donors (Lipinski definition) is 1. The Morgan fingerprint density at radius 3 is 3.05 bits per heavy atom. The van der Waals surface area contributed by atoms with Crippen LogP contribution < -0.4 is 4.74 Å². The van der Waals surface area contributed by atoms with Crippen molar-refractivity contribution >= 4 is 0 Å². The lowest BCUT2D eigenvalue weighted by molar-refractivity contribution is -0.0650. The molecule has 2 aliphatic carbocycles. The lowest BCUT2D eigenvalue weighted by Crippen LogP contribution is -2.64. The van der Waals surface area contributed by atoms with E-state index in [9.17, 15) is 5.11 Å². The van der Waals surface area contributed by atoms with Gasteiger partial charge in [0.15, 0.2) is 11.5 Å². The Balaban J connectivity index is 1.81. The maximum atomic E-state index is 10.3. The van der Waals surface area contributed by atoms with Crippen LogP contribution in [0.25, 0.3) is 0 Å². The van der Waals surface area contributed by atoms with E-state index >= 15 is 0 Å². The Kier molecular flexibility index (Phi) is 2.20. The summed E-state index contributed by atoms with van der Waals surface area (Å²) in [6.07, 6.45) is 5.14. The van der Waals surface area contributed by atoms with Gasteiger partial charge in [-0.1, -0.05) is 13.0 Å². The van der Waals surface area contributed by atoms with Crippen molar-refractivity contribution in [1.82, 2.24) is 4.90 Å². The molecule has 0 aromatic heterocycles. The third-order valence-corrected chi connectivity index (χ3v) is 6.89. The van der Waals surface area contributed by atoms with Gasteiger partial charge in [-0.3, -0.25) is 0 Å². The maximum Gasteiger partial charge on any atom is 0.165 e. The van der Waals surface area contributed by atoms with Crippen molar-refractivity contribution in [2.75, 3.05) is 13.6 Å². The van der Waals surface area contributed by atoms with Gasteiger partial charge in [-0.15, -0.1) is 0 Å². The van der Waals surface area contributed by atoms with Crippen LogP contribution in [0.4, 0.5) is 0 Å². The van der Waals surface area contributed by atoms with Gasteiger partial charge in [0, 0.05) is 17.0 Å². The van der Waals surface area contributed by atoms with Gasteiger partial charge in [0.2, 0.25) is 0 Å². The van der Waals surface area contributed by atoms with Crippen molar-refractivity contribution in [3.63, 3.8) is 0 Å². The number of hydrogen-bond acceptors (Lipinski definition) is 3. The molecule has 2 unspecified atom stereocenters. The summed E-state index contributed by atoms with van der Waals surface area (Å²) in [6, 6.07) is 4.63. The van der Waals surface area contributed by atoms with E-state index in [0.29, 0.717) is 23.6 Å². The van der Waals surface area contributed by atoms with E-state index in [1.165, 1.54) is 30.4 Å². The van der Waals surface area contributed by atoms with E-state index in [1.807, 2.05) is 6.07 Å². The largest absolute Gasteiger partial charge is 0.504 e.